The van der Waals surface area contributed by atoms with E-state index >= 15 is 0 Å². The summed E-state index contributed by atoms with van der Waals surface area (Å²) in [7, 11) is 0. The van der Waals surface area contributed by atoms with Crippen molar-refractivity contribution in [3.05, 3.63) is 112 Å². The van der Waals surface area contributed by atoms with E-state index in [1.54, 1.807) is 0 Å². The number of nitrogens with zero attached hydrogens (tertiary/aromatic N) is 1. The van der Waals surface area contributed by atoms with Gasteiger partial charge in [0.15, 0.2) is 5.76 Å². The summed E-state index contributed by atoms with van der Waals surface area (Å²) < 4.78 is 27.1. The first-order chi connectivity index (χ1) is 14.0. The Morgan fingerprint density at radius 2 is 1.66 bits per heavy atom. The molecule has 1 aliphatic heterocycles. The number of hydrogen-bond donors (Lipinski definition) is 1. The van der Waals surface area contributed by atoms with Crippen molar-refractivity contribution in [3.63, 3.8) is 0 Å². The maximum atomic E-state index is 13.7. The van der Waals surface area contributed by atoms with Crippen LogP contribution in [0, 0.1) is 11.6 Å². The minimum Gasteiger partial charge on any atom is -0.503 e. The third-order valence-corrected chi connectivity index (χ3v) is 5.20. The van der Waals surface area contributed by atoms with Gasteiger partial charge in [-0.05, 0) is 41.0 Å². The first kappa shape index (κ1) is 19.2. The smallest absolute Gasteiger partial charge is 0.290 e. The predicted molar refractivity (Wildman–Crippen MR) is 107 cm³/mol. The van der Waals surface area contributed by atoms with Gasteiger partial charge in [-0.1, -0.05) is 60.1 Å². The number of rotatable bonds is 4. The van der Waals surface area contributed by atoms with Gasteiger partial charge < -0.3 is 10.0 Å². The Bertz CT molecular complexity index is 1100. The second kappa shape index (κ2) is 7.68. The van der Waals surface area contributed by atoms with Crippen molar-refractivity contribution in [2.24, 2.45) is 0 Å². The van der Waals surface area contributed by atoms with Crippen LogP contribution in [0.4, 0.5) is 8.78 Å². The molecule has 1 atom stereocenters. The lowest BCUT2D eigenvalue weighted by atomic mass is 9.93. The molecule has 0 bridgehead atoms. The number of hydrogen-bond acceptors (Lipinski definition) is 2. The summed E-state index contributed by atoms with van der Waals surface area (Å²) in [4.78, 5) is 14.4. The van der Waals surface area contributed by atoms with E-state index in [0.29, 0.717) is 16.7 Å². The van der Waals surface area contributed by atoms with Gasteiger partial charge in [0.25, 0.3) is 5.91 Å². The quantitative estimate of drug-likeness (QED) is 0.600. The van der Waals surface area contributed by atoms with Crippen LogP contribution < -0.4 is 0 Å². The van der Waals surface area contributed by atoms with Gasteiger partial charge in [-0.25, -0.2) is 8.78 Å². The Kier molecular flexibility index (Phi) is 5.07. The maximum absolute atomic E-state index is 13.7. The molecule has 0 saturated heterocycles. The fraction of sp³-hybridized carbons (Fsp3) is 0.0870. The third-order valence-electron chi connectivity index (χ3n) is 4.91. The number of aliphatic hydroxyl groups excluding tert-OH is 1. The van der Waals surface area contributed by atoms with Gasteiger partial charge in [0.1, 0.15) is 11.6 Å². The molecule has 0 aromatic heterocycles. The van der Waals surface area contributed by atoms with Crippen molar-refractivity contribution in [3.8, 4) is 0 Å². The van der Waals surface area contributed by atoms with Gasteiger partial charge in [0.05, 0.1) is 11.1 Å². The summed E-state index contributed by atoms with van der Waals surface area (Å²) in [6.07, 6.45) is 0. The van der Waals surface area contributed by atoms with Crippen LogP contribution in [0.3, 0.4) is 0 Å². The van der Waals surface area contributed by atoms with Crippen LogP contribution in [0.1, 0.15) is 22.7 Å². The first-order valence-electron chi connectivity index (χ1n) is 8.94. The molecule has 0 fully saturated rings. The SMILES string of the molecule is O=C1C(O)=C(c2ccc(F)cc2)C(c2ccc(F)c(Cl)c2)N1Cc1ccccc1. The highest BCUT2D eigenvalue weighted by Gasteiger charge is 2.41. The molecule has 146 valence electrons. The molecule has 3 nitrogen and oxygen atoms in total. The zero-order chi connectivity index (χ0) is 20.5. The topological polar surface area (TPSA) is 40.5 Å². The molecule has 1 N–H and O–H groups in total. The van der Waals surface area contributed by atoms with Crippen LogP contribution in [0.2, 0.25) is 5.02 Å². The van der Waals surface area contributed by atoms with Gasteiger partial charge in [0.2, 0.25) is 0 Å². The summed E-state index contributed by atoms with van der Waals surface area (Å²) in [5.74, 6) is -1.98. The Balaban J connectivity index is 1.84. The normalized spacial score (nSPS) is 16.6. The number of amides is 1. The van der Waals surface area contributed by atoms with Crippen LogP contribution in [0.15, 0.2) is 78.6 Å². The number of halogens is 3. The number of carbonyl (C=O) groups excluding carboxylic acids is 1. The van der Waals surface area contributed by atoms with Crippen LogP contribution in [-0.2, 0) is 11.3 Å². The number of benzene rings is 3. The molecule has 1 amide bonds. The lowest BCUT2D eigenvalue weighted by Gasteiger charge is -2.27. The fourth-order valence-corrected chi connectivity index (χ4v) is 3.74. The van der Waals surface area contributed by atoms with E-state index in [0.717, 1.165) is 5.56 Å². The standard InChI is InChI=1S/C23H16ClF2NO2/c24-18-12-16(8-11-19(18)26)21-20(15-6-9-17(25)10-7-15)22(28)23(29)27(21)13-14-4-2-1-3-5-14/h1-12,21,28H,13H2. The molecule has 1 heterocycles. The van der Waals surface area contributed by atoms with Gasteiger partial charge in [-0.3, -0.25) is 4.79 Å². The van der Waals surface area contributed by atoms with Gasteiger partial charge in [-0.2, -0.15) is 0 Å². The highest BCUT2D eigenvalue weighted by molar-refractivity contribution is 6.30. The maximum Gasteiger partial charge on any atom is 0.290 e. The first-order valence-corrected chi connectivity index (χ1v) is 9.32. The monoisotopic (exact) mass is 411 g/mol. The zero-order valence-corrected chi connectivity index (χ0v) is 15.9. The second-order valence-electron chi connectivity index (χ2n) is 6.76. The van der Waals surface area contributed by atoms with Crippen molar-refractivity contribution in [2.45, 2.75) is 12.6 Å². The van der Waals surface area contributed by atoms with Crippen LogP contribution in [0.25, 0.3) is 5.57 Å². The summed E-state index contributed by atoms with van der Waals surface area (Å²) in [6.45, 7) is 0.230. The highest BCUT2D eigenvalue weighted by Crippen LogP contribution is 2.44. The van der Waals surface area contributed by atoms with Crippen molar-refractivity contribution < 1.29 is 18.7 Å². The van der Waals surface area contributed by atoms with Crippen molar-refractivity contribution in [1.29, 1.82) is 0 Å². The third kappa shape index (κ3) is 3.61. The predicted octanol–water partition coefficient (Wildman–Crippen LogP) is 5.67. The molecular weight excluding hydrogens is 396 g/mol. The summed E-state index contributed by atoms with van der Waals surface area (Å²) in [5.41, 5.74) is 2.24. The van der Waals surface area contributed by atoms with E-state index in [4.69, 9.17) is 11.6 Å². The van der Waals surface area contributed by atoms with Crippen molar-refractivity contribution in [1.82, 2.24) is 4.90 Å². The minimum absolute atomic E-state index is 0.0838. The van der Waals surface area contributed by atoms with Gasteiger partial charge in [0, 0.05) is 12.1 Å². The minimum atomic E-state index is -0.703. The van der Waals surface area contributed by atoms with Crippen LogP contribution in [-0.4, -0.2) is 15.9 Å². The number of aliphatic hydroxyl groups is 1. The molecule has 0 aliphatic carbocycles. The fourth-order valence-electron chi connectivity index (χ4n) is 3.55. The zero-order valence-electron chi connectivity index (χ0n) is 15.1. The van der Waals surface area contributed by atoms with Crippen LogP contribution in [0.5, 0.6) is 0 Å². The average Bonchev–Trinajstić information content (AvgIpc) is 2.96. The molecule has 0 radical (unpaired) electrons. The van der Waals surface area contributed by atoms with E-state index in [1.165, 1.54) is 47.4 Å². The lowest BCUT2D eigenvalue weighted by molar-refractivity contribution is -0.130. The second-order valence-corrected chi connectivity index (χ2v) is 7.17. The molecule has 4 rings (SSSR count). The lowest BCUT2D eigenvalue weighted by Crippen LogP contribution is -2.29. The van der Waals surface area contributed by atoms with Crippen molar-refractivity contribution >= 4 is 23.1 Å². The molecule has 0 saturated carbocycles. The summed E-state index contributed by atoms with van der Waals surface area (Å²) in [6, 6.07) is 18.3. The Morgan fingerprint density at radius 3 is 2.31 bits per heavy atom. The molecule has 3 aromatic carbocycles. The van der Waals surface area contributed by atoms with E-state index in [2.05, 4.69) is 0 Å². The largest absolute Gasteiger partial charge is 0.503 e. The van der Waals surface area contributed by atoms with Crippen LogP contribution >= 0.6 is 11.6 Å². The van der Waals surface area contributed by atoms with Crippen molar-refractivity contribution in [2.75, 3.05) is 0 Å². The summed E-state index contributed by atoms with van der Waals surface area (Å²) in [5, 5.41) is 10.6. The Labute approximate surface area is 171 Å². The Hall–Kier alpha value is -3.18. The van der Waals surface area contributed by atoms with Gasteiger partial charge >= 0.3 is 0 Å². The average molecular weight is 412 g/mol. The highest BCUT2D eigenvalue weighted by atomic mass is 35.5. The Morgan fingerprint density at radius 1 is 0.966 bits per heavy atom. The molecule has 29 heavy (non-hydrogen) atoms. The van der Waals surface area contributed by atoms with E-state index in [-0.39, 0.29) is 11.6 Å². The van der Waals surface area contributed by atoms with E-state index in [9.17, 15) is 18.7 Å². The molecule has 1 unspecified atom stereocenters. The molecule has 6 heteroatoms. The molecule has 0 spiro atoms. The molecule has 3 aromatic rings. The van der Waals surface area contributed by atoms with E-state index < -0.39 is 29.3 Å². The van der Waals surface area contributed by atoms with Gasteiger partial charge in [-0.15, -0.1) is 0 Å². The molecular formula is C23H16ClF2NO2. The molecule has 1 aliphatic rings. The van der Waals surface area contributed by atoms with E-state index in [1.807, 2.05) is 30.3 Å². The summed E-state index contributed by atoms with van der Waals surface area (Å²) >= 11 is 5.98. The number of carbonyl (C=O) groups is 1.